The molecule has 2 N–H and O–H groups in total. The quantitative estimate of drug-likeness (QED) is 0.743. The molecule has 3 aromatic rings. The minimum atomic E-state index is 0.509. The summed E-state index contributed by atoms with van der Waals surface area (Å²) in [5.74, 6) is 0.509. The van der Waals surface area contributed by atoms with Crippen LogP contribution in [0.4, 0.5) is 5.82 Å². The molecule has 0 saturated carbocycles. The lowest BCUT2D eigenvalue weighted by Gasteiger charge is -1.96. The maximum Gasteiger partial charge on any atom is 0.150 e. The summed E-state index contributed by atoms with van der Waals surface area (Å²) < 4.78 is 1.87. The second-order valence-corrected chi connectivity index (χ2v) is 3.93. The maximum absolute atomic E-state index is 5.91. The smallest absolute Gasteiger partial charge is 0.150 e. The van der Waals surface area contributed by atoms with E-state index < -0.39 is 0 Å². The van der Waals surface area contributed by atoms with Crippen LogP contribution in [0.5, 0.6) is 0 Å². The summed E-state index contributed by atoms with van der Waals surface area (Å²) in [6, 6.07) is 11.9. The molecule has 2 heterocycles. The molecule has 2 aromatic heterocycles. The van der Waals surface area contributed by atoms with Gasteiger partial charge < -0.3 is 5.73 Å². The van der Waals surface area contributed by atoms with E-state index in [0.717, 1.165) is 16.9 Å². The molecule has 0 unspecified atom stereocenters. The normalized spacial score (nSPS) is 11.3. The van der Waals surface area contributed by atoms with Gasteiger partial charge in [-0.15, -0.1) is 0 Å². The van der Waals surface area contributed by atoms with Gasteiger partial charge in [0, 0.05) is 6.20 Å². The van der Waals surface area contributed by atoms with Crippen molar-refractivity contribution in [2.75, 3.05) is 5.73 Å². The van der Waals surface area contributed by atoms with Gasteiger partial charge in [-0.3, -0.25) is 4.40 Å². The molecule has 0 spiro atoms. The van der Waals surface area contributed by atoms with Gasteiger partial charge in [-0.25, -0.2) is 9.97 Å². The molecule has 4 nitrogen and oxygen atoms in total. The van der Waals surface area contributed by atoms with Crippen molar-refractivity contribution < 1.29 is 0 Å². The fraction of sp³-hybridized carbons (Fsp3) is 0. The number of fused-ring (bicyclic) bond motifs is 1. The molecule has 0 radical (unpaired) electrons. The highest BCUT2D eigenvalue weighted by Crippen LogP contribution is 2.16. The van der Waals surface area contributed by atoms with Crippen LogP contribution in [0.15, 0.2) is 48.9 Å². The Hall–Kier alpha value is -2.62. The number of rotatable bonds is 2. The van der Waals surface area contributed by atoms with E-state index in [9.17, 15) is 0 Å². The van der Waals surface area contributed by atoms with Crippen LogP contribution in [0.25, 0.3) is 17.8 Å². The van der Waals surface area contributed by atoms with Crippen molar-refractivity contribution in [2.24, 2.45) is 0 Å². The summed E-state index contributed by atoms with van der Waals surface area (Å²) in [6.45, 7) is 0. The number of hydrogen-bond donors (Lipinski definition) is 1. The first-order valence-corrected chi connectivity index (χ1v) is 5.65. The number of nitrogens with two attached hydrogens (primary N) is 1. The third-order valence-electron chi connectivity index (χ3n) is 2.73. The molecular formula is C14H12N4. The number of nitrogens with zero attached hydrogens (tertiary/aromatic N) is 3. The van der Waals surface area contributed by atoms with E-state index in [2.05, 4.69) is 9.97 Å². The van der Waals surface area contributed by atoms with E-state index in [1.165, 1.54) is 0 Å². The summed E-state index contributed by atoms with van der Waals surface area (Å²) >= 11 is 0. The molecule has 1 aromatic carbocycles. The van der Waals surface area contributed by atoms with Gasteiger partial charge in [0.15, 0.2) is 0 Å². The summed E-state index contributed by atoms with van der Waals surface area (Å²) in [5.41, 5.74) is 8.68. The van der Waals surface area contributed by atoms with Crippen LogP contribution in [0.2, 0.25) is 0 Å². The third kappa shape index (κ3) is 1.84. The van der Waals surface area contributed by atoms with Gasteiger partial charge in [0.25, 0.3) is 0 Å². The van der Waals surface area contributed by atoms with Crippen molar-refractivity contribution in [1.29, 1.82) is 0 Å². The number of imidazole rings is 1. The lowest BCUT2D eigenvalue weighted by molar-refractivity contribution is 1.08. The Kier molecular flexibility index (Phi) is 2.53. The Morgan fingerprint density at radius 2 is 1.89 bits per heavy atom. The van der Waals surface area contributed by atoms with Gasteiger partial charge in [-0.05, 0) is 17.7 Å². The van der Waals surface area contributed by atoms with E-state index in [0.29, 0.717) is 5.82 Å². The first kappa shape index (κ1) is 10.5. The Labute approximate surface area is 104 Å². The molecule has 18 heavy (non-hydrogen) atoms. The number of anilines is 1. The predicted octanol–water partition coefficient (Wildman–Crippen LogP) is 2.48. The SMILES string of the molecule is Nc1nc2ccncn2c1/C=C/c1ccccc1. The maximum atomic E-state index is 5.91. The van der Waals surface area contributed by atoms with E-state index in [-0.39, 0.29) is 0 Å². The van der Waals surface area contributed by atoms with Gasteiger partial charge in [-0.1, -0.05) is 36.4 Å². The summed E-state index contributed by atoms with van der Waals surface area (Å²) in [6.07, 6.45) is 7.37. The standard InChI is InChI=1S/C14H12N4/c15-14-12(7-6-11-4-2-1-3-5-11)18-10-16-9-8-13(18)17-14/h1-10H,15H2/b7-6+. The Bertz CT molecular complexity index is 698. The topological polar surface area (TPSA) is 56.2 Å². The van der Waals surface area contributed by atoms with Crippen LogP contribution in [-0.4, -0.2) is 14.4 Å². The minimum Gasteiger partial charge on any atom is -0.382 e. The van der Waals surface area contributed by atoms with Crippen LogP contribution in [0.3, 0.4) is 0 Å². The van der Waals surface area contributed by atoms with E-state index in [4.69, 9.17) is 5.73 Å². The molecular weight excluding hydrogens is 224 g/mol. The summed E-state index contributed by atoms with van der Waals surface area (Å²) in [7, 11) is 0. The van der Waals surface area contributed by atoms with Gasteiger partial charge in [-0.2, -0.15) is 0 Å². The largest absolute Gasteiger partial charge is 0.382 e. The fourth-order valence-electron chi connectivity index (χ4n) is 1.84. The molecule has 4 heteroatoms. The van der Waals surface area contributed by atoms with Crippen LogP contribution >= 0.6 is 0 Å². The molecule has 88 valence electrons. The predicted molar refractivity (Wildman–Crippen MR) is 72.8 cm³/mol. The van der Waals surface area contributed by atoms with Gasteiger partial charge >= 0.3 is 0 Å². The van der Waals surface area contributed by atoms with Crippen LogP contribution < -0.4 is 5.73 Å². The molecule has 3 rings (SSSR count). The number of benzene rings is 1. The van der Waals surface area contributed by atoms with Gasteiger partial charge in [0.05, 0.1) is 5.69 Å². The number of nitrogen functional groups attached to an aromatic ring is 1. The Balaban J connectivity index is 2.05. The average molecular weight is 236 g/mol. The zero-order chi connectivity index (χ0) is 12.4. The van der Waals surface area contributed by atoms with Crippen molar-refractivity contribution >= 4 is 23.6 Å². The molecule has 0 amide bonds. The minimum absolute atomic E-state index is 0.509. The zero-order valence-electron chi connectivity index (χ0n) is 9.69. The molecule has 0 atom stereocenters. The van der Waals surface area contributed by atoms with Crippen LogP contribution in [0.1, 0.15) is 11.3 Å². The third-order valence-corrected chi connectivity index (χ3v) is 2.73. The Morgan fingerprint density at radius 3 is 2.72 bits per heavy atom. The molecule has 0 saturated heterocycles. The second-order valence-electron chi connectivity index (χ2n) is 3.93. The van der Waals surface area contributed by atoms with E-state index >= 15 is 0 Å². The van der Waals surface area contributed by atoms with Gasteiger partial charge in [0.2, 0.25) is 0 Å². The van der Waals surface area contributed by atoms with E-state index in [1.54, 1.807) is 12.5 Å². The molecule has 0 aliphatic rings. The first-order chi connectivity index (χ1) is 8.84. The van der Waals surface area contributed by atoms with Crippen LogP contribution in [-0.2, 0) is 0 Å². The first-order valence-electron chi connectivity index (χ1n) is 5.65. The highest BCUT2D eigenvalue weighted by atomic mass is 15.1. The lowest BCUT2D eigenvalue weighted by atomic mass is 10.2. The monoisotopic (exact) mass is 236 g/mol. The van der Waals surface area contributed by atoms with Crippen molar-refractivity contribution in [1.82, 2.24) is 14.4 Å². The highest BCUT2D eigenvalue weighted by Gasteiger charge is 2.05. The van der Waals surface area contributed by atoms with Crippen LogP contribution in [0, 0.1) is 0 Å². The molecule has 0 bridgehead atoms. The number of hydrogen-bond acceptors (Lipinski definition) is 3. The zero-order valence-corrected chi connectivity index (χ0v) is 9.69. The fourth-order valence-corrected chi connectivity index (χ4v) is 1.84. The lowest BCUT2D eigenvalue weighted by Crippen LogP contribution is -1.91. The molecule has 0 aliphatic heterocycles. The van der Waals surface area contributed by atoms with Gasteiger partial charge in [0.1, 0.15) is 17.8 Å². The number of aromatic nitrogens is 3. The highest BCUT2D eigenvalue weighted by molar-refractivity contribution is 5.74. The summed E-state index contributed by atoms with van der Waals surface area (Å²) in [4.78, 5) is 8.35. The Morgan fingerprint density at radius 1 is 1.06 bits per heavy atom. The van der Waals surface area contributed by atoms with Crippen molar-refractivity contribution in [3.63, 3.8) is 0 Å². The average Bonchev–Trinajstić information content (AvgIpc) is 2.73. The molecule has 0 fully saturated rings. The van der Waals surface area contributed by atoms with Crippen molar-refractivity contribution in [2.45, 2.75) is 0 Å². The summed E-state index contributed by atoms with van der Waals surface area (Å²) in [5, 5.41) is 0. The van der Waals surface area contributed by atoms with E-state index in [1.807, 2.05) is 53.0 Å². The van der Waals surface area contributed by atoms with Crippen molar-refractivity contribution in [3.8, 4) is 0 Å². The van der Waals surface area contributed by atoms with Crippen molar-refractivity contribution in [3.05, 3.63) is 60.2 Å². The molecule has 0 aliphatic carbocycles. The second kappa shape index (κ2) is 4.33.